The first-order chi connectivity index (χ1) is 9.58. The molecular formula is C14H20N4O2. The molecule has 0 aliphatic carbocycles. The van der Waals surface area contributed by atoms with Crippen LogP contribution in [-0.2, 0) is 6.42 Å². The summed E-state index contributed by atoms with van der Waals surface area (Å²) in [5.74, 6) is -0.112. The van der Waals surface area contributed by atoms with E-state index in [-0.39, 0.29) is 11.9 Å². The van der Waals surface area contributed by atoms with Crippen LogP contribution in [0.2, 0.25) is 0 Å². The van der Waals surface area contributed by atoms with E-state index < -0.39 is 0 Å². The molecule has 1 aliphatic rings. The fourth-order valence-electron chi connectivity index (χ4n) is 2.05. The van der Waals surface area contributed by atoms with Crippen LogP contribution in [0.3, 0.4) is 0 Å². The Morgan fingerprint density at radius 1 is 1.25 bits per heavy atom. The van der Waals surface area contributed by atoms with E-state index in [1.165, 1.54) is 10.5 Å². The number of hydrogen-bond donors (Lipinski definition) is 3. The van der Waals surface area contributed by atoms with Crippen LogP contribution < -0.4 is 16.0 Å². The van der Waals surface area contributed by atoms with Gasteiger partial charge in [0.05, 0.1) is 0 Å². The predicted molar refractivity (Wildman–Crippen MR) is 78.1 cm³/mol. The third-order valence-electron chi connectivity index (χ3n) is 3.17. The maximum Gasteiger partial charge on any atom is 0.316 e. The second-order valence-electron chi connectivity index (χ2n) is 4.93. The van der Waals surface area contributed by atoms with E-state index in [1.54, 1.807) is 14.1 Å². The highest BCUT2D eigenvalue weighted by atomic mass is 16.2. The lowest BCUT2D eigenvalue weighted by Gasteiger charge is -2.12. The van der Waals surface area contributed by atoms with E-state index in [0.29, 0.717) is 18.7 Å². The van der Waals surface area contributed by atoms with Gasteiger partial charge < -0.3 is 20.9 Å². The van der Waals surface area contributed by atoms with Crippen molar-refractivity contribution >= 4 is 17.6 Å². The smallest absolute Gasteiger partial charge is 0.316 e. The number of fused-ring (bicyclic) bond motifs is 1. The number of urea groups is 1. The number of anilines is 1. The minimum absolute atomic E-state index is 0.112. The Balaban J connectivity index is 1.79. The van der Waals surface area contributed by atoms with E-state index in [1.807, 2.05) is 18.2 Å². The van der Waals surface area contributed by atoms with E-state index in [9.17, 15) is 9.59 Å². The maximum absolute atomic E-state index is 12.0. The van der Waals surface area contributed by atoms with Crippen molar-refractivity contribution in [2.75, 3.05) is 39.0 Å². The summed E-state index contributed by atoms with van der Waals surface area (Å²) in [7, 11) is 3.35. The zero-order valence-electron chi connectivity index (χ0n) is 11.8. The van der Waals surface area contributed by atoms with Crippen molar-refractivity contribution in [2.24, 2.45) is 0 Å². The van der Waals surface area contributed by atoms with Crippen molar-refractivity contribution in [3.05, 3.63) is 29.3 Å². The van der Waals surface area contributed by atoms with Crippen LogP contribution in [-0.4, -0.2) is 50.6 Å². The summed E-state index contributed by atoms with van der Waals surface area (Å²) in [6, 6.07) is 5.50. The summed E-state index contributed by atoms with van der Waals surface area (Å²) >= 11 is 0. The normalized spacial score (nSPS) is 12.3. The van der Waals surface area contributed by atoms with Crippen LogP contribution in [0.1, 0.15) is 15.9 Å². The number of benzene rings is 1. The second-order valence-corrected chi connectivity index (χ2v) is 4.93. The first kappa shape index (κ1) is 14.2. The van der Waals surface area contributed by atoms with E-state index in [0.717, 1.165) is 18.7 Å². The van der Waals surface area contributed by atoms with Crippen molar-refractivity contribution in [1.82, 2.24) is 15.5 Å². The predicted octanol–water partition coefficient (Wildman–Crippen LogP) is 0.656. The average Bonchev–Trinajstić information content (AvgIpc) is 2.90. The lowest BCUT2D eigenvalue weighted by molar-refractivity contribution is 0.0953. The third kappa shape index (κ3) is 3.40. The molecule has 0 aromatic heterocycles. The Labute approximate surface area is 118 Å². The molecule has 1 aromatic rings. The van der Waals surface area contributed by atoms with Gasteiger partial charge in [0.1, 0.15) is 0 Å². The minimum Gasteiger partial charge on any atom is -0.384 e. The molecule has 0 fully saturated rings. The molecule has 3 amide bonds. The van der Waals surface area contributed by atoms with Crippen LogP contribution in [0.4, 0.5) is 10.5 Å². The first-order valence-corrected chi connectivity index (χ1v) is 6.68. The number of hydrogen-bond acceptors (Lipinski definition) is 3. The Morgan fingerprint density at radius 3 is 2.75 bits per heavy atom. The Kier molecular flexibility index (Phi) is 4.45. The van der Waals surface area contributed by atoms with Gasteiger partial charge in [0.2, 0.25) is 0 Å². The zero-order chi connectivity index (χ0) is 14.5. The van der Waals surface area contributed by atoms with Gasteiger partial charge in [0, 0.05) is 45.0 Å². The molecule has 3 N–H and O–H groups in total. The topological polar surface area (TPSA) is 73.5 Å². The fourth-order valence-corrected chi connectivity index (χ4v) is 2.05. The molecule has 20 heavy (non-hydrogen) atoms. The van der Waals surface area contributed by atoms with Gasteiger partial charge in [0.25, 0.3) is 5.91 Å². The Bertz CT molecular complexity index is 514. The van der Waals surface area contributed by atoms with Crippen LogP contribution in [0.15, 0.2) is 18.2 Å². The highest BCUT2D eigenvalue weighted by Crippen LogP contribution is 2.22. The lowest BCUT2D eigenvalue weighted by atomic mass is 10.1. The molecule has 0 radical (unpaired) electrons. The molecule has 0 bridgehead atoms. The molecule has 0 saturated heterocycles. The minimum atomic E-state index is -0.164. The third-order valence-corrected chi connectivity index (χ3v) is 3.17. The Morgan fingerprint density at radius 2 is 2.00 bits per heavy atom. The maximum atomic E-state index is 12.0. The largest absolute Gasteiger partial charge is 0.384 e. The monoisotopic (exact) mass is 276 g/mol. The van der Waals surface area contributed by atoms with Crippen molar-refractivity contribution in [3.8, 4) is 0 Å². The number of rotatable bonds is 4. The molecule has 0 atom stereocenters. The molecule has 1 aromatic carbocycles. The molecule has 0 unspecified atom stereocenters. The van der Waals surface area contributed by atoms with Gasteiger partial charge in [-0.25, -0.2) is 4.79 Å². The number of carbonyl (C=O) groups is 2. The van der Waals surface area contributed by atoms with Gasteiger partial charge >= 0.3 is 6.03 Å². The molecular weight excluding hydrogens is 256 g/mol. The molecule has 1 aliphatic heterocycles. The highest BCUT2D eigenvalue weighted by Gasteiger charge is 2.13. The molecule has 6 nitrogen and oxygen atoms in total. The van der Waals surface area contributed by atoms with Gasteiger partial charge in [-0.1, -0.05) is 0 Å². The van der Waals surface area contributed by atoms with Gasteiger partial charge in [-0.2, -0.15) is 0 Å². The number of nitrogens with zero attached hydrogens (tertiary/aromatic N) is 1. The van der Waals surface area contributed by atoms with E-state index >= 15 is 0 Å². The Hall–Kier alpha value is -2.24. The summed E-state index contributed by atoms with van der Waals surface area (Å²) in [6.07, 6.45) is 0.954. The average molecular weight is 276 g/mol. The summed E-state index contributed by atoms with van der Waals surface area (Å²) in [4.78, 5) is 24.7. The van der Waals surface area contributed by atoms with Crippen LogP contribution in [0.5, 0.6) is 0 Å². The van der Waals surface area contributed by atoms with Crippen LogP contribution >= 0.6 is 0 Å². The quantitative estimate of drug-likeness (QED) is 0.707. The highest BCUT2D eigenvalue weighted by molar-refractivity contribution is 5.95. The summed E-state index contributed by atoms with van der Waals surface area (Å²) in [5, 5.41) is 8.74. The number of nitrogens with one attached hydrogen (secondary N) is 3. The van der Waals surface area contributed by atoms with Gasteiger partial charge in [-0.05, 0) is 30.2 Å². The molecule has 0 saturated carbocycles. The number of amides is 3. The summed E-state index contributed by atoms with van der Waals surface area (Å²) in [6.45, 7) is 1.75. The van der Waals surface area contributed by atoms with Crippen molar-refractivity contribution in [2.45, 2.75) is 6.42 Å². The van der Waals surface area contributed by atoms with Crippen LogP contribution in [0.25, 0.3) is 0 Å². The lowest BCUT2D eigenvalue weighted by Crippen LogP contribution is -2.39. The fraction of sp³-hybridized carbons (Fsp3) is 0.429. The van der Waals surface area contributed by atoms with Crippen LogP contribution in [0, 0.1) is 0 Å². The standard InChI is InChI=1S/C14H20N4O2/c1-18(2)14(20)17-8-7-16-13(19)11-3-4-12-10(9-11)5-6-15-12/h3-4,9,15H,5-8H2,1-2H3,(H,16,19)(H,17,20). The van der Waals surface area contributed by atoms with Gasteiger partial charge in [-0.3, -0.25) is 4.79 Å². The molecule has 108 valence electrons. The first-order valence-electron chi connectivity index (χ1n) is 6.68. The van der Waals surface area contributed by atoms with Gasteiger partial charge in [0.15, 0.2) is 0 Å². The summed E-state index contributed by atoms with van der Waals surface area (Å²) in [5.41, 5.74) is 2.95. The second kappa shape index (κ2) is 6.27. The molecule has 1 heterocycles. The number of carbonyl (C=O) groups excluding carboxylic acids is 2. The molecule has 6 heteroatoms. The van der Waals surface area contributed by atoms with Crippen molar-refractivity contribution in [1.29, 1.82) is 0 Å². The zero-order valence-corrected chi connectivity index (χ0v) is 11.8. The van der Waals surface area contributed by atoms with E-state index in [4.69, 9.17) is 0 Å². The molecule has 0 spiro atoms. The SMILES string of the molecule is CN(C)C(=O)NCCNC(=O)c1ccc2c(c1)CCN2. The van der Waals surface area contributed by atoms with Crippen molar-refractivity contribution in [3.63, 3.8) is 0 Å². The van der Waals surface area contributed by atoms with Gasteiger partial charge in [-0.15, -0.1) is 0 Å². The molecule has 2 rings (SSSR count). The van der Waals surface area contributed by atoms with Crippen molar-refractivity contribution < 1.29 is 9.59 Å². The van der Waals surface area contributed by atoms with E-state index in [2.05, 4.69) is 16.0 Å². The summed E-state index contributed by atoms with van der Waals surface area (Å²) < 4.78 is 0.